The number of nitrogens with zero attached hydrogens (tertiary/aromatic N) is 5. The van der Waals surface area contributed by atoms with Gasteiger partial charge in [0, 0.05) is 43.8 Å². The Bertz CT molecular complexity index is 1000. The van der Waals surface area contributed by atoms with Gasteiger partial charge in [-0.2, -0.15) is 5.26 Å². The van der Waals surface area contributed by atoms with E-state index in [9.17, 15) is 19.3 Å². The van der Waals surface area contributed by atoms with E-state index < -0.39 is 10.7 Å². The normalized spacial score (nSPS) is 14.2. The van der Waals surface area contributed by atoms with Gasteiger partial charge in [0.2, 0.25) is 5.91 Å². The maximum absolute atomic E-state index is 14.2. The van der Waals surface area contributed by atoms with E-state index in [1.165, 1.54) is 23.1 Å². The molecule has 0 aromatic heterocycles. The molecule has 0 saturated carbocycles. The summed E-state index contributed by atoms with van der Waals surface area (Å²) < 4.78 is 14.2. The van der Waals surface area contributed by atoms with Gasteiger partial charge in [-0.3, -0.25) is 19.8 Å². The fraction of sp³-hybridized carbons (Fsp3) is 0.333. The summed E-state index contributed by atoms with van der Waals surface area (Å²) in [5.41, 5.74) is 0.583. The lowest BCUT2D eigenvalue weighted by atomic mass is 10.2. The Balaban J connectivity index is 1.66. The van der Waals surface area contributed by atoms with Crippen molar-refractivity contribution in [2.24, 2.45) is 0 Å². The van der Waals surface area contributed by atoms with Gasteiger partial charge < -0.3 is 9.80 Å². The van der Waals surface area contributed by atoms with Gasteiger partial charge in [-0.15, -0.1) is 0 Å². The van der Waals surface area contributed by atoms with Crippen LogP contribution >= 0.6 is 11.6 Å². The molecule has 162 valence electrons. The van der Waals surface area contributed by atoms with Crippen LogP contribution in [0.25, 0.3) is 0 Å². The van der Waals surface area contributed by atoms with Crippen molar-refractivity contribution in [1.29, 1.82) is 5.26 Å². The standard InChI is InChI=1S/C21H21ClFN5O3/c22-16-6-7-19(20(14-16)28(30)31)26-12-10-25(11-13-26)15-21(29)27(9-3-8-24)18-5-2-1-4-17(18)23/h1-2,4-7,14H,3,9-13,15H2. The summed E-state index contributed by atoms with van der Waals surface area (Å²) in [4.78, 5) is 28.9. The number of anilines is 2. The van der Waals surface area contributed by atoms with Crippen LogP contribution in [-0.2, 0) is 4.79 Å². The maximum Gasteiger partial charge on any atom is 0.294 e. The van der Waals surface area contributed by atoms with Crippen LogP contribution in [0, 0.1) is 27.3 Å². The summed E-state index contributed by atoms with van der Waals surface area (Å²) in [6.45, 7) is 2.18. The number of nitro groups is 1. The SMILES string of the molecule is N#CCCN(C(=O)CN1CCN(c2ccc(Cl)cc2[N+](=O)[O-])CC1)c1ccccc1F. The number of hydrogen-bond acceptors (Lipinski definition) is 6. The second-order valence-electron chi connectivity index (χ2n) is 7.06. The number of amides is 1. The summed E-state index contributed by atoms with van der Waals surface area (Å²) in [6, 6.07) is 12.5. The third kappa shape index (κ3) is 5.48. The fourth-order valence-corrected chi connectivity index (χ4v) is 3.71. The molecule has 3 rings (SSSR count). The first kappa shape index (κ1) is 22.5. The average Bonchev–Trinajstić information content (AvgIpc) is 2.75. The molecule has 2 aromatic rings. The number of para-hydroxylation sites is 1. The lowest BCUT2D eigenvalue weighted by Crippen LogP contribution is -2.50. The molecule has 0 aliphatic carbocycles. The molecule has 1 fully saturated rings. The molecule has 1 saturated heterocycles. The first-order valence-corrected chi connectivity index (χ1v) is 10.1. The number of nitriles is 1. The largest absolute Gasteiger partial charge is 0.363 e. The van der Waals surface area contributed by atoms with Gasteiger partial charge in [-0.25, -0.2) is 4.39 Å². The smallest absolute Gasteiger partial charge is 0.294 e. The van der Waals surface area contributed by atoms with Crippen LogP contribution in [0.5, 0.6) is 0 Å². The van der Waals surface area contributed by atoms with Crippen molar-refractivity contribution >= 4 is 34.6 Å². The van der Waals surface area contributed by atoms with E-state index in [0.29, 0.717) is 36.9 Å². The molecule has 1 aliphatic heterocycles. The van der Waals surface area contributed by atoms with E-state index in [4.69, 9.17) is 16.9 Å². The molecule has 1 aliphatic rings. The number of halogens is 2. The molecule has 0 bridgehead atoms. The van der Waals surface area contributed by atoms with E-state index in [0.717, 1.165) is 0 Å². The van der Waals surface area contributed by atoms with Gasteiger partial charge >= 0.3 is 0 Å². The number of carbonyl (C=O) groups is 1. The molecule has 0 N–H and O–H groups in total. The maximum atomic E-state index is 14.2. The Hall–Kier alpha value is -3.22. The molecular weight excluding hydrogens is 425 g/mol. The van der Waals surface area contributed by atoms with Gasteiger partial charge in [0.05, 0.1) is 29.6 Å². The zero-order valence-corrected chi connectivity index (χ0v) is 17.5. The van der Waals surface area contributed by atoms with E-state index in [2.05, 4.69) is 0 Å². The lowest BCUT2D eigenvalue weighted by Gasteiger charge is -2.36. The van der Waals surface area contributed by atoms with Crippen LogP contribution in [0.15, 0.2) is 42.5 Å². The minimum absolute atomic E-state index is 0.0562. The third-order valence-corrected chi connectivity index (χ3v) is 5.33. The second-order valence-corrected chi connectivity index (χ2v) is 7.49. The average molecular weight is 446 g/mol. The molecule has 8 nitrogen and oxygen atoms in total. The van der Waals surface area contributed by atoms with E-state index in [1.807, 2.05) is 15.9 Å². The van der Waals surface area contributed by atoms with Gasteiger partial charge in [0.25, 0.3) is 5.69 Å². The molecule has 2 aromatic carbocycles. The summed E-state index contributed by atoms with van der Waals surface area (Å²) in [5.74, 6) is -0.820. The number of piperazine rings is 1. The van der Waals surface area contributed by atoms with Crippen molar-refractivity contribution in [1.82, 2.24) is 4.90 Å². The molecule has 0 radical (unpaired) electrons. The van der Waals surface area contributed by atoms with Crippen molar-refractivity contribution in [3.63, 3.8) is 0 Å². The number of carbonyl (C=O) groups excluding carboxylic acids is 1. The Morgan fingerprint density at radius 3 is 2.58 bits per heavy atom. The molecular formula is C21H21ClFN5O3. The van der Waals surface area contributed by atoms with Crippen molar-refractivity contribution in [3.8, 4) is 6.07 Å². The minimum Gasteiger partial charge on any atom is -0.363 e. The van der Waals surface area contributed by atoms with Gasteiger partial charge in [0.15, 0.2) is 0 Å². The summed E-state index contributed by atoms with van der Waals surface area (Å²) in [7, 11) is 0. The number of benzene rings is 2. The van der Waals surface area contributed by atoms with Crippen molar-refractivity contribution in [2.75, 3.05) is 49.1 Å². The number of rotatable bonds is 7. The van der Waals surface area contributed by atoms with E-state index in [-0.39, 0.29) is 36.8 Å². The molecule has 1 heterocycles. The van der Waals surface area contributed by atoms with Crippen LogP contribution in [0.4, 0.5) is 21.5 Å². The number of nitro benzene ring substituents is 1. The van der Waals surface area contributed by atoms with Crippen LogP contribution in [0.1, 0.15) is 6.42 Å². The first-order chi connectivity index (χ1) is 14.9. The van der Waals surface area contributed by atoms with E-state index in [1.54, 1.807) is 24.3 Å². The zero-order valence-electron chi connectivity index (χ0n) is 16.7. The number of hydrogen-bond donors (Lipinski definition) is 0. The zero-order chi connectivity index (χ0) is 22.4. The second kappa shape index (κ2) is 10.2. The third-order valence-electron chi connectivity index (χ3n) is 5.10. The summed E-state index contributed by atoms with van der Waals surface area (Å²) >= 11 is 5.89. The highest BCUT2D eigenvalue weighted by Gasteiger charge is 2.27. The highest BCUT2D eigenvalue weighted by molar-refractivity contribution is 6.30. The molecule has 0 atom stereocenters. The molecule has 0 spiro atoms. The van der Waals surface area contributed by atoms with Crippen LogP contribution in [-0.4, -0.2) is 55.0 Å². The molecule has 10 heteroatoms. The van der Waals surface area contributed by atoms with Crippen molar-refractivity contribution in [2.45, 2.75) is 6.42 Å². The van der Waals surface area contributed by atoms with Gasteiger partial charge in [-0.1, -0.05) is 23.7 Å². The molecule has 0 unspecified atom stereocenters. The summed E-state index contributed by atoms with van der Waals surface area (Å²) in [5, 5.41) is 20.5. The minimum atomic E-state index is -0.520. The quantitative estimate of drug-likeness (QED) is 0.478. The lowest BCUT2D eigenvalue weighted by molar-refractivity contribution is -0.384. The Morgan fingerprint density at radius 1 is 1.23 bits per heavy atom. The van der Waals surface area contributed by atoms with Crippen molar-refractivity contribution in [3.05, 3.63) is 63.4 Å². The predicted molar refractivity (Wildman–Crippen MR) is 116 cm³/mol. The van der Waals surface area contributed by atoms with E-state index >= 15 is 0 Å². The Morgan fingerprint density at radius 2 is 1.94 bits per heavy atom. The van der Waals surface area contributed by atoms with Gasteiger partial charge in [-0.05, 0) is 24.3 Å². The summed E-state index contributed by atoms with van der Waals surface area (Å²) in [6.07, 6.45) is 0.0914. The van der Waals surface area contributed by atoms with Crippen molar-refractivity contribution < 1.29 is 14.1 Å². The molecule has 31 heavy (non-hydrogen) atoms. The first-order valence-electron chi connectivity index (χ1n) is 9.74. The van der Waals surface area contributed by atoms with Crippen LogP contribution in [0.2, 0.25) is 5.02 Å². The Labute approximate surface area is 184 Å². The molecule has 1 amide bonds. The van der Waals surface area contributed by atoms with Crippen LogP contribution in [0.3, 0.4) is 0 Å². The highest BCUT2D eigenvalue weighted by atomic mass is 35.5. The van der Waals surface area contributed by atoms with Gasteiger partial charge in [0.1, 0.15) is 11.5 Å². The fourth-order valence-electron chi connectivity index (χ4n) is 3.55. The monoisotopic (exact) mass is 445 g/mol. The highest BCUT2D eigenvalue weighted by Crippen LogP contribution is 2.31. The van der Waals surface area contributed by atoms with Crippen LogP contribution < -0.4 is 9.80 Å². The topological polar surface area (TPSA) is 93.7 Å². The predicted octanol–water partition coefficient (Wildman–Crippen LogP) is 3.46. The Kier molecular flexibility index (Phi) is 7.39.